The number of esters is 1. The van der Waals surface area contributed by atoms with Crippen LogP contribution in [0.5, 0.6) is 5.75 Å². The summed E-state index contributed by atoms with van der Waals surface area (Å²) < 4.78 is 11.0. The van der Waals surface area contributed by atoms with Gasteiger partial charge in [0.15, 0.2) is 6.10 Å². The number of aromatic nitrogens is 1. The van der Waals surface area contributed by atoms with Crippen LogP contribution in [0.4, 0.5) is 5.69 Å². The van der Waals surface area contributed by atoms with Gasteiger partial charge in [0.2, 0.25) is 0 Å². The van der Waals surface area contributed by atoms with E-state index in [1.807, 2.05) is 31.2 Å². The first-order valence-electron chi connectivity index (χ1n) is 11.8. The molecular formula is C27H31N3O4. The van der Waals surface area contributed by atoms with Crippen molar-refractivity contribution >= 4 is 28.5 Å². The third-order valence-corrected chi connectivity index (χ3v) is 6.14. The van der Waals surface area contributed by atoms with Gasteiger partial charge in [0.1, 0.15) is 5.75 Å². The van der Waals surface area contributed by atoms with Gasteiger partial charge in [0.25, 0.3) is 5.91 Å². The minimum Gasteiger partial charge on any atom is -0.497 e. The van der Waals surface area contributed by atoms with Crippen LogP contribution in [0.2, 0.25) is 0 Å². The molecule has 0 spiro atoms. The number of ether oxygens (including phenoxy) is 2. The van der Waals surface area contributed by atoms with E-state index in [-0.39, 0.29) is 5.91 Å². The van der Waals surface area contributed by atoms with Gasteiger partial charge >= 0.3 is 5.97 Å². The summed E-state index contributed by atoms with van der Waals surface area (Å²) in [5, 5.41) is 3.59. The molecule has 1 aliphatic rings. The summed E-state index contributed by atoms with van der Waals surface area (Å²) in [6.07, 6.45) is 1.28. The van der Waals surface area contributed by atoms with Gasteiger partial charge in [-0.2, -0.15) is 0 Å². The molecule has 4 rings (SSSR count). The van der Waals surface area contributed by atoms with Gasteiger partial charge in [-0.05, 0) is 49.7 Å². The molecule has 1 unspecified atom stereocenters. The smallest absolute Gasteiger partial charge is 0.340 e. The van der Waals surface area contributed by atoms with Crippen molar-refractivity contribution in [2.24, 2.45) is 0 Å². The van der Waals surface area contributed by atoms with Crippen molar-refractivity contribution in [3.63, 3.8) is 0 Å². The maximum absolute atomic E-state index is 13.5. The molecule has 0 aliphatic carbocycles. The van der Waals surface area contributed by atoms with Crippen LogP contribution >= 0.6 is 0 Å². The number of benzene rings is 2. The van der Waals surface area contributed by atoms with Crippen molar-refractivity contribution in [2.75, 3.05) is 25.5 Å². The minimum absolute atomic E-state index is 0.360. The van der Waals surface area contributed by atoms with Crippen molar-refractivity contribution in [1.29, 1.82) is 0 Å². The van der Waals surface area contributed by atoms with Crippen molar-refractivity contribution in [3.8, 4) is 5.75 Å². The molecule has 7 nitrogen and oxygen atoms in total. The Morgan fingerprint density at radius 3 is 2.59 bits per heavy atom. The first-order valence-corrected chi connectivity index (χ1v) is 11.8. The second kappa shape index (κ2) is 10.7. The van der Waals surface area contributed by atoms with Crippen LogP contribution in [0.25, 0.3) is 10.9 Å². The van der Waals surface area contributed by atoms with Gasteiger partial charge in [-0.3, -0.25) is 14.7 Å². The number of rotatable bonds is 8. The topological polar surface area (TPSA) is 80.8 Å². The Morgan fingerprint density at radius 1 is 1.12 bits per heavy atom. The van der Waals surface area contributed by atoms with Crippen LogP contribution in [0, 0.1) is 0 Å². The molecule has 0 saturated heterocycles. The molecule has 178 valence electrons. The number of carbonyl (C=O) groups excluding carboxylic acids is 2. The monoisotopic (exact) mass is 461 g/mol. The molecule has 1 N–H and O–H groups in total. The van der Waals surface area contributed by atoms with Gasteiger partial charge in [-0.25, -0.2) is 4.79 Å². The third-order valence-electron chi connectivity index (χ3n) is 6.14. The number of hydrogen-bond acceptors (Lipinski definition) is 6. The van der Waals surface area contributed by atoms with E-state index in [1.165, 1.54) is 0 Å². The standard InChI is InChI=1S/C27H31N3O4/c1-4-15-30-16-14-23-21(17-30)25(20-8-6-7-9-22(20)29-23)27(32)34-24(5-2)26(31)28-18-10-12-19(33-3)13-11-18/h6-13,24H,4-5,14-17H2,1-3H3,(H,28,31). The fraction of sp³-hybridized carbons (Fsp3) is 0.370. The Hall–Kier alpha value is -3.45. The van der Waals surface area contributed by atoms with Crippen LogP contribution in [0.3, 0.4) is 0 Å². The third kappa shape index (κ3) is 5.04. The Balaban J connectivity index is 1.60. The van der Waals surface area contributed by atoms with E-state index in [0.717, 1.165) is 48.1 Å². The number of carbonyl (C=O) groups is 2. The van der Waals surface area contributed by atoms with Crippen molar-refractivity contribution in [3.05, 3.63) is 65.4 Å². The number of hydrogen-bond donors (Lipinski definition) is 1. The molecule has 2 aromatic carbocycles. The van der Waals surface area contributed by atoms with Gasteiger partial charge in [0, 0.05) is 41.8 Å². The fourth-order valence-corrected chi connectivity index (χ4v) is 4.39. The molecule has 0 bridgehead atoms. The molecule has 1 amide bonds. The molecule has 7 heteroatoms. The molecule has 2 heterocycles. The molecule has 0 radical (unpaired) electrons. The zero-order valence-electron chi connectivity index (χ0n) is 20.0. The van der Waals surface area contributed by atoms with Crippen LogP contribution in [0.1, 0.15) is 48.3 Å². The highest BCUT2D eigenvalue weighted by atomic mass is 16.5. The highest BCUT2D eigenvalue weighted by Crippen LogP contribution is 2.29. The largest absolute Gasteiger partial charge is 0.497 e. The molecule has 1 aliphatic heterocycles. The van der Waals surface area contributed by atoms with Gasteiger partial charge in [0.05, 0.1) is 18.2 Å². The van der Waals surface area contributed by atoms with E-state index >= 15 is 0 Å². The average Bonchev–Trinajstić information content (AvgIpc) is 2.86. The summed E-state index contributed by atoms with van der Waals surface area (Å²) >= 11 is 0. The lowest BCUT2D eigenvalue weighted by molar-refractivity contribution is -0.124. The van der Waals surface area contributed by atoms with Crippen LogP contribution in [-0.4, -0.2) is 48.1 Å². The highest BCUT2D eigenvalue weighted by molar-refractivity contribution is 6.06. The van der Waals surface area contributed by atoms with E-state index in [9.17, 15) is 9.59 Å². The minimum atomic E-state index is -0.910. The maximum Gasteiger partial charge on any atom is 0.340 e. The van der Waals surface area contributed by atoms with Gasteiger partial charge < -0.3 is 14.8 Å². The van der Waals surface area contributed by atoms with E-state index in [2.05, 4.69) is 17.1 Å². The molecular weight excluding hydrogens is 430 g/mol. The van der Waals surface area contributed by atoms with Gasteiger partial charge in [-0.1, -0.05) is 32.0 Å². The SMILES string of the molecule is CCCN1CCc2nc3ccccc3c(C(=O)OC(CC)C(=O)Nc3ccc(OC)cc3)c2C1. The Labute approximate surface area is 200 Å². The normalized spacial score (nSPS) is 14.3. The predicted molar refractivity (Wildman–Crippen MR) is 132 cm³/mol. The lowest BCUT2D eigenvalue weighted by Gasteiger charge is -2.30. The number of nitrogens with zero attached hydrogens (tertiary/aromatic N) is 2. The molecule has 34 heavy (non-hydrogen) atoms. The number of pyridine rings is 1. The van der Waals surface area contributed by atoms with E-state index in [0.29, 0.717) is 30.0 Å². The number of methoxy groups -OCH3 is 1. The van der Waals surface area contributed by atoms with Crippen LogP contribution < -0.4 is 10.1 Å². The summed E-state index contributed by atoms with van der Waals surface area (Å²) in [5.74, 6) is -0.145. The van der Waals surface area contributed by atoms with Gasteiger partial charge in [-0.15, -0.1) is 0 Å². The second-order valence-electron chi connectivity index (χ2n) is 8.48. The maximum atomic E-state index is 13.5. The summed E-state index contributed by atoms with van der Waals surface area (Å²) in [7, 11) is 1.59. The van der Waals surface area contributed by atoms with Crippen molar-refractivity contribution in [2.45, 2.75) is 45.8 Å². The Morgan fingerprint density at radius 2 is 1.88 bits per heavy atom. The first kappa shape index (κ1) is 23.7. The van der Waals surface area contributed by atoms with E-state index in [1.54, 1.807) is 31.4 Å². The molecule has 3 aromatic rings. The van der Waals surface area contributed by atoms with Crippen molar-refractivity contribution in [1.82, 2.24) is 9.88 Å². The van der Waals surface area contributed by atoms with E-state index in [4.69, 9.17) is 14.5 Å². The Bertz CT molecular complexity index is 1180. The summed E-state index contributed by atoms with van der Waals surface area (Å²) in [6, 6.07) is 14.7. The average molecular weight is 462 g/mol. The number of anilines is 1. The highest BCUT2D eigenvalue weighted by Gasteiger charge is 2.29. The summed E-state index contributed by atoms with van der Waals surface area (Å²) in [5.41, 5.74) is 3.76. The molecule has 1 atom stereocenters. The number of para-hydroxylation sites is 1. The predicted octanol–water partition coefficient (Wildman–Crippen LogP) is 4.59. The van der Waals surface area contributed by atoms with Crippen molar-refractivity contribution < 1.29 is 19.1 Å². The lowest BCUT2D eigenvalue weighted by atomic mass is 9.95. The molecule has 1 aromatic heterocycles. The zero-order valence-corrected chi connectivity index (χ0v) is 20.0. The fourth-order valence-electron chi connectivity index (χ4n) is 4.39. The second-order valence-corrected chi connectivity index (χ2v) is 8.48. The molecule has 0 saturated carbocycles. The van der Waals surface area contributed by atoms with Crippen LogP contribution in [-0.2, 0) is 22.5 Å². The molecule has 0 fully saturated rings. The summed E-state index contributed by atoms with van der Waals surface area (Å²) in [4.78, 5) is 33.6. The number of nitrogens with one attached hydrogen (secondary N) is 1. The zero-order chi connectivity index (χ0) is 24.1. The Kier molecular flexibility index (Phi) is 7.43. The lowest BCUT2D eigenvalue weighted by Crippen LogP contribution is -2.35. The number of amides is 1. The number of fused-ring (bicyclic) bond motifs is 2. The first-order chi connectivity index (χ1) is 16.5. The summed E-state index contributed by atoms with van der Waals surface area (Å²) in [6.45, 7) is 6.51. The van der Waals surface area contributed by atoms with Crippen LogP contribution in [0.15, 0.2) is 48.5 Å². The van der Waals surface area contributed by atoms with E-state index < -0.39 is 12.1 Å². The quantitative estimate of drug-likeness (QED) is 0.495.